The molecule has 2 amide bonds. The average Bonchev–Trinajstić information content (AvgIpc) is 0.792. The highest BCUT2D eigenvalue weighted by molar-refractivity contribution is 5.79. The van der Waals surface area contributed by atoms with Crippen molar-refractivity contribution < 1.29 is 176 Å². The van der Waals surface area contributed by atoms with Crippen molar-refractivity contribution in [3.63, 3.8) is 0 Å². The molecule has 0 radical (unpaired) electrons. The standard InChI is InChI=1S/C83H150N2O36/c86-54-62-68(96)70(98)74(102)82(116-62)120-78-64(56-88)118-80(76(104)72(78)100)114-38-21-13-5-9-17-26-60(92)32-42-108-46-50-112-52-48-110-44-34-84-66(94)28-19-11-3-1-7-15-24-58(90)30-40-106-36-23-37-107-41-31-59(91)25-16-8-2-4-12-20-29-67(95)85-35-45-111-49-53-113-51-47-109-43-33-61(93)27-18-10-6-14-22-39-115-81-77(105)73(101)79(65(57-89)119-81)121-83-75(103)71(99)69(97)63(55-87)117-83/h62-65,68-83,86-89,96-105H,1-57H2,(H,84,94)(H,85,95). The molecule has 708 valence electrons. The molecular formula is C83H150N2O36. The first-order valence-corrected chi connectivity index (χ1v) is 44.3. The van der Waals surface area contributed by atoms with Gasteiger partial charge in [0.25, 0.3) is 0 Å². The van der Waals surface area contributed by atoms with E-state index in [1.807, 2.05) is 0 Å². The minimum absolute atomic E-state index is 0.0115. The van der Waals surface area contributed by atoms with Crippen molar-refractivity contribution in [3.8, 4) is 0 Å². The number of amides is 2. The summed E-state index contributed by atoms with van der Waals surface area (Å²) in [6, 6.07) is 0. The van der Waals surface area contributed by atoms with Crippen LogP contribution in [0, 0.1) is 0 Å². The van der Waals surface area contributed by atoms with E-state index < -0.39 is 149 Å². The third kappa shape index (κ3) is 47.9. The summed E-state index contributed by atoms with van der Waals surface area (Å²) in [7, 11) is 0. The Bertz CT molecular complexity index is 2450. The number of ether oxygens (including phenoxy) is 16. The summed E-state index contributed by atoms with van der Waals surface area (Å²) in [5.41, 5.74) is 0. The van der Waals surface area contributed by atoms with Crippen LogP contribution in [0.3, 0.4) is 0 Å². The van der Waals surface area contributed by atoms with Crippen molar-refractivity contribution in [3.05, 3.63) is 0 Å². The number of hydrogen-bond acceptors (Lipinski definition) is 36. The number of carbonyl (C=O) groups excluding carboxylic acids is 6. The van der Waals surface area contributed by atoms with E-state index in [-0.39, 0.29) is 48.2 Å². The Kier molecular flexibility index (Phi) is 63.0. The van der Waals surface area contributed by atoms with Crippen molar-refractivity contribution in [2.75, 3.05) is 158 Å². The highest BCUT2D eigenvalue weighted by Gasteiger charge is 2.53. The van der Waals surface area contributed by atoms with Crippen LogP contribution in [0.2, 0.25) is 0 Å². The molecule has 0 spiro atoms. The molecule has 0 bridgehead atoms. The molecule has 0 aromatic rings. The second-order valence-electron chi connectivity index (χ2n) is 31.1. The highest BCUT2D eigenvalue weighted by Crippen LogP contribution is 2.32. The zero-order valence-electron chi connectivity index (χ0n) is 71.1. The number of ketones is 4. The van der Waals surface area contributed by atoms with Crippen LogP contribution in [0.1, 0.15) is 212 Å². The topological polar surface area (TPSA) is 557 Å². The molecule has 4 aliphatic rings. The molecule has 20 unspecified atom stereocenters. The largest absolute Gasteiger partial charge is 0.394 e. The minimum Gasteiger partial charge on any atom is -0.394 e. The monoisotopic (exact) mass is 1750 g/mol. The van der Waals surface area contributed by atoms with E-state index in [4.69, 9.17) is 75.8 Å². The average molecular weight is 1750 g/mol. The zero-order chi connectivity index (χ0) is 88.0. The maximum absolute atomic E-state index is 12.3. The summed E-state index contributed by atoms with van der Waals surface area (Å²) in [6.07, 6.45) is -6.60. The fourth-order valence-electron chi connectivity index (χ4n) is 13.8. The quantitative estimate of drug-likeness (QED) is 0.0350. The van der Waals surface area contributed by atoms with Gasteiger partial charge in [0.15, 0.2) is 25.2 Å². The molecular weight excluding hydrogens is 1600 g/mol. The van der Waals surface area contributed by atoms with Gasteiger partial charge < -0.3 is 158 Å². The molecule has 0 saturated carbocycles. The van der Waals surface area contributed by atoms with E-state index in [1.54, 1.807) is 0 Å². The lowest BCUT2D eigenvalue weighted by atomic mass is 9.97. The third-order valence-electron chi connectivity index (χ3n) is 21.2. The summed E-state index contributed by atoms with van der Waals surface area (Å²) < 4.78 is 88.8. The number of nitrogens with one attached hydrogen (secondary N) is 2. The lowest BCUT2D eigenvalue weighted by molar-refractivity contribution is -0.359. The van der Waals surface area contributed by atoms with Crippen LogP contribution in [-0.4, -0.2) is 388 Å². The minimum atomic E-state index is -1.76. The first-order valence-electron chi connectivity index (χ1n) is 44.3. The van der Waals surface area contributed by atoms with Crippen LogP contribution < -0.4 is 10.6 Å². The van der Waals surface area contributed by atoms with E-state index in [0.29, 0.717) is 202 Å². The van der Waals surface area contributed by atoms with Gasteiger partial charge in [-0.2, -0.15) is 0 Å². The van der Waals surface area contributed by atoms with Gasteiger partial charge in [0.2, 0.25) is 11.8 Å². The van der Waals surface area contributed by atoms with Crippen LogP contribution in [0.5, 0.6) is 0 Å². The van der Waals surface area contributed by atoms with E-state index in [0.717, 1.165) is 128 Å². The van der Waals surface area contributed by atoms with Gasteiger partial charge in [-0.3, -0.25) is 28.8 Å². The number of Topliss-reactive ketones (excluding diaryl/α,β-unsaturated/α-hetero) is 4. The molecule has 0 aliphatic carbocycles. The van der Waals surface area contributed by atoms with E-state index in [2.05, 4.69) is 10.6 Å². The van der Waals surface area contributed by atoms with E-state index >= 15 is 0 Å². The maximum atomic E-state index is 12.3. The number of aliphatic hydroxyl groups is 14. The molecule has 4 aliphatic heterocycles. The van der Waals surface area contributed by atoms with Gasteiger partial charge in [0, 0.05) is 104 Å². The smallest absolute Gasteiger partial charge is 0.220 e. The van der Waals surface area contributed by atoms with Crippen molar-refractivity contribution in [1.29, 1.82) is 0 Å². The van der Waals surface area contributed by atoms with Crippen molar-refractivity contribution in [2.24, 2.45) is 0 Å². The van der Waals surface area contributed by atoms with E-state index in [9.17, 15) is 100 Å². The van der Waals surface area contributed by atoms with Gasteiger partial charge in [-0.25, -0.2) is 0 Å². The lowest BCUT2D eigenvalue weighted by Gasteiger charge is -2.45. The first kappa shape index (κ1) is 110. The van der Waals surface area contributed by atoms with Gasteiger partial charge >= 0.3 is 0 Å². The molecule has 4 fully saturated rings. The molecule has 4 rings (SSSR count). The van der Waals surface area contributed by atoms with Crippen LogP contribution in [-0.2, 0) is 105 Å². The van der Waals surface area contributed by atoms with Gasteiger partial charge in [-0.1, -0.05) is 89.9 Å². The number of carbonyl (C=O) groups is 6. The maximum Gasteiger partial charge on any atom is 0.220 e. The Morgan fingerprint density at radius 3 is 0.777 bits per heavy atom. The molecule has 4 heterocycles. The Balaban J connectivity index is 0.771. The number of rotatable bonds is 78. The number of aliphatic hydroxyl groups excluding tert-OH is 14. The van der Waals surface area contributed by atoms with Gasteiger partial charge in [0.1, 0.15) is 121 Å². The molecule has 121 heavy (non-hydrogen) atoms. The second-order valence-corrected chi connectivity index (χ2v) is 31.1. The molecule has 38 nitrogen and oxygen atoms in total. The summed E-state index contributed by atoms with van der Waals surface area (Å²) in [6.45, 7) is 4.49. The van der Waals surface area contributed by atoms with Crippen molar-refractivity contribution in [2.45, 2.75) is 335 Å². The van der Waals surface area contributed by atoms with Gasteiger partial charge in [-0.05, 0) is 57.8 Å². The van der Waals surface area contributed by atoms with Crippen LogP contribution in [0.25, 0.3) is 0 Å². The SMILES string of the molecule is O=C(CCCCCCCCC(=O)NCCOCCOCCOCCC(=O)CCCCCCCOC1OC(CO)C(OC2OC(CO)C(O)C(O)C2O)C(O)C1O)CCOCCCOCCC(=O)CCCCCCCCC(=O)NCCOCCOCCOCCC(=O)CCCCCCCOC1OC(CO)C(OC2OC(CO)C(O)C(O)C2O)C(O)C1O. The fourth-order valence-corrected chi connectivity index (χ4v) is 13.8. The van der Waals surface area contributed by atoms with Crippen LogP contribution >= 0.6 is 0 Å². The van der Waals surface area contributed by atoms with Gasteiger partial charge in [-0.15, -0.1) is 0 Å². The predicted molar refractivity (Wildman–Crippen MR) is 430 cm³/mol. The van der Waals surface area contributed by atoms with Crippen molar-refractivity contribution >= 4 is 34.9 Å². The summed E-state index contributed by atoms with van der Waals surface area (Å²) in [5.74, 6) is 0.580. The highest BCUT2D eigenvalue weighted by atomic mass is 16.8. The Morgan fingerprint density at radius 2 is 0.471 bits per heavy atom. The first-order chi connectivity index (χ1) is 58.6. The zero-order valence-corrected chi connectivity index (χ0v) is 71.1. The fraction of sp³-hybridized carbons (Fsp3) is 0.928. The molecule has 0 aromatic carbocycles. The lowest BCUT2D eigenvalue weighted by Crippen LogP contribution is -2.64. The Hall–Kier alpha value is -3.58. The van der Waals surface area contributed by atoms with Crippen LogP contribution in [0.15, 0.2) is 0 Å². The Labute approximate surface area is 712 Å². The molecule has 38 heteroatoms. The molecule has 16 N–H and O–H groups in total. The van der Waals surface area contributed by atoms with Crippen molar-refractivity contribution in [1.82, 2.24) is 10.6 Å². The molecule has 4 saturated heterocycles. The summed E-state index contributed by atoms with van der Waals surface area (Å²) >= 11 is 0. The van der Waals surface area contributed by atoms with Crippen LogP contribution in [0.4, 0.5) is 0 Å². The number of hydrogen-bond donors (Lipinski definition) is 16. The second kappa shape index (κ2) is 69.5. The van der Waals surface area contributed by atoms with Gasteiger partial charge in [0.05, 0.1) is 119 Å². The third-order valence-corrected chi connectivity index (χ3v) is 21.2. The number of unbranched alkanes of at least 4 members (excludes halogenated alkanes) is 18. The molecule has 20 atom stereocenters. The summed E-state index contributed by atoms with van der Waals surface area (Å²) in [4.78, 5) is 73.8. The normalized spacial score (nSPS) is 27.0. The summed E-state index contributed by atoms with van der Waals surface area (Å²) in [5, 5.41) is 148. The Morgan fingerprint density at radius 1 is 0.223 bits per heavy atom. The molecule has 0 aromatic heterocycles. The predicted octanol–water partition coefficient (Wildman–Crippen LogP) is -0.217. The van der Waals surface area contributed by atoms with E-state index in [1.165, 1.54) is 0 Å².